The van der Waals surface area contributed by atoms with Gasteiger partial charge in [-0.1, -0.05) is 26.0 Å². The van der Waals surface area contributed by atoms with Crippen molar-refractivity contribution in [3.63, 3.8) is 0 Å². The van der Waals surface area contributed by atoms with Gasteiger partial charge in [-0.25, -0.2) is 8.42 Å². The molecular formula is C24H32N4O4S. The van der Waals surface area contributed by atoms with Gasteiger partial charge in [-0.3, -0.25) is 14.5 Å². The minimum atomic E-state index is -3.63. The summed E-state index contributed by atoms with van der Waals surface area (Å²) in [5, 5.41) is 2.92. The van der Waals surface area contributed by atoms with Crippen LogP contribution in [0.15, 0.2) is 47.4 Å². The van der Waals surface area contributed by atoms with Crippen LogP contribution < -0.4 is 15.1 Å². The molecule has 0 aromatic heterocycles. The molecule has 0 fully saturated rings. The summed E-state index contributed by atoms with van der Waals surface area (Å²) < 4.78 is 27.2. The number of hydrogen-bond donors (Lipinski definition) is 1. The summed E-state index contributed by atoms with van der Waals surface area (Å²) in [7, 11) is 0.295. The van der Waals surface area contributed by atoms with Crippen molar-refractivity contribution in [2.24, 2.45) is 0 Å². The number of anilines is 2. The Morgan fingerprint density at radius 2 is 1.70 bits per heavy atom. The number of carbonyl (C=O) groups excluding carboxylic acids is 2. The van der Waals surface area contributed by atoms with Crippen molar-refractivity contribution in [2.45, 2.75) is 44.7 Å². The molecule has 1 aliphatic heterocycles. The van der Waals surface area contributed by atoms with E-state index in [1.807, 2.05) is 43.3 Å². The summed E-state index contributed by atoms with van der Waals surface area (Å²) in [6, 6.07) is 11.9. The van der Waals surface area contributed by atoms with Crippen LogP contribution in [-0.4, -0.2) is 57.8 Å². The zero-order chi connectivity index (χ0) is 24.3. The van der Waals surface area contributed by atoms with Crippen molar-refractivity contribution in [3.05, 3.63) is 53.6 Å². The fourth-order valence-electron chi connectivity index (χ4n) is 4.12. The predicted molar refractivity (Wildman–Crippen MR) is 130 cm³/mol. The second kappa shape index (κ2) is 9.93. The van der Waals surface area contributed by atoms with E-state index < -0.39 is 16.1 Å². The third-order valence-corrected chi connectivity index (χ3v) is 7.99. The number of rotatable bonds is 8. The maximum absolute atomic E-state index is 13.0. The van der Waals surface area contributed by atoms with Crippen LogP contribution >= 0.6 is 0 Å². The quantitative estimate of drug-likeness (QED) is 0.637. The fourth-order valence-corrected chi connectivity index (χ4v) is 5.63. The Labute approximate surface area is 196 Å². The monoisotopic (exact) mass is 472 g/mol. The van der Waals surface area contributed by atoms with E-state index >= 15 is 0 Å². The second-order valence-corrected chi connectivity index (χ2v) is 10.2. The van der Waals surface area contributed by atoms with Crippen molar-refractivity contribution in [2.75, 3.05) is 37.0 Å². The first-order chi connectivity index (χ1) is 15.6. The van der Waals surface area contributed by atoms with Gasteiger partial charge < -0.3 is 10.2 Å². The number of carbonyl (C=O) groups is 2. The van der Waals surface area contributed by atoms with E-state index in [-0.39, 0.29) is 23.1 Å². The first-order valence-corrected chi connectivity index (χ1v) is 12.5. The average molecular weight is 473 g/mol. The SMILES string of the molecule is CCN(CC)S(=O)(=O)c1ccc2c(c1)CC(C(=O)NCc1ccc(N(C)C)cc1)N2C(C)=O. The van der Waals surface area contributed by atoms with Gasteiger partial charge in [0, 0.05) is 58.4 Å². The summed E-state index contributed by atoms with van der Waals surface area (Å²) in [5.41, 5.74) is 3.27. The Balaban J connectivity index is 1.79. The zero-order valence-electron chi connectivity index (χ0n) is 19.8. The van der Waals surface area contributed by atoms with Gasteiger partial charge in [0.05, 0.1) is 4.90 Å². The number of benzene rings is 2. The van der Waals surface area contributed by atoms with Crippen molar-refractivity contribution < 1.29 is 18.0 Å². The summed E-state index contributed by atoms with van der Waals surface area (Å²) in [6.07, 6.45) is 0.266. The maximum atomic E-state index is 13.0. The van der Waals surface area contributed by atoms with Gasteiger partial charge in [0.1, 0.15) is 6.04 Å². The number of sulfonamides is 1. The van der Waals surface area contributed by atoms with E-state index in [4.69, 9.17) is 0 Å². The summed E-state index contributed by atoms with van der Waals surface area (Å²) >= 11 is 0. The lowest BCUT2D eigenvalue weighted by molar-refractivity contribution is -0.125. The lowest BCUT2D eigenvalue weighted by Crippen LogP contribution is -2.47. The van der Waals surface area contributed by atoms with E-state index in [2.05, 4.69) is 5.32 Å². The third-order valence-electron chi connectivity index (χ3n) is 5.94. The summed E-state index contributed by atoms with van der Waals surface area (Å²) in [5.74, 6) is -0.533. The van der Waals surface area contributed by atoms with Crippen LogP contribution in [0, 0.1) is 0 Å². The Kier molecular flexibility index (Phi) is 7.44. The molecule has 0 spiro atoms. The van der Waals surface area contributed by atoms with Crippen LogP contribution in [0.4, 0.5) is 11.4 Å². The Morgan fingerprint density at radius 3 is 2.24 bits per heavy atom. The van der Waals surface area contributed by atoms with Gasteiger partial charge in [0.25, 0.3) is 0 Å². The molecule has 8 nitrogen and oxygen atoms in total. The van der Waals surface area contributed by atoms with Gasteiger partial charge in [-0.2, -0.15) is 4.31 Å². The standard InChI is InChI=1S/C24H32N4O4S/c1-6-27(7-2)33(31,32)21-12-13-22-19(14-21)15-23(28(22)17(3)29)24(30)25-16-18-8-10-20(11-9-18)26(4)5/h8-14,23H,6-7,15-16H2,1-5H3,(H,25,30). The Bertz CT molecular complexity index is 1130. The van der Waals surface area contributed by atoms with E-state index in [9.17, 15) is 18.0 Å². The zero-order valence-corrected chi connectivity index (χ0v) is 20.6. The van der Waals surface area contributed by atoms with Gasteiger partial charge in [-0.05, 0) is 41.5 Å². The molecule has 0 bridgehead atoms. The number of nitrogens with zero attached hydrogens (tertiary/aromatic N) is 3. The molecule has 2 aromatic rings. The highest BCUT2D eigenvalue weighted by Crippen LogP contribution is 2.35. The van der Waals surface area contributed by atoms with Crippen molar-refractivity contribution in [3.8, 4) is 0 Å². The largest absolute Gasteiger partial charge is 0.378 e. The molecule has 1 heterocycles. The van der Waals surface area contributed by atoms with Crippen LogP contribution in [-0.2, 0) is 32.6 Å². The van der Waals surface area contributed by atoms with Crippen molar-refractivity contribution in [1.82, 2.24) is 9.62 Å². The lowest BCUT2D eigenvalue weighted by Gasteiger charge is -2.23. The van der Waals surface area contributed by atoms with E-state index in [1.165, 1.54) is 22.2 Å². The molecule has 1 aliphatic rings. The second-order valence-electron chi connectivity index (χ2n) is 8.27. The number of hydrogen-bond acceptors (Lipinski definition) is 5. The van der Waals surface area contributed by atoms with Gasteiger partial charge in [-0.15, -0.1) is 0 Å². The molecule has 0 saturated carbocycles. The van der Waals surface area contributed by atoms with Crippen molar-refractivity contribution >= 4 is 33.2 Å². The van der Waals surface area contributed by atoms with Crippen molar-refractivity contribution in [1.29, 1.82) is 0 Å². The summed E-state index contributed by atoms with van der Waals surface area (Å²) in [6.45, 7) is 6.08. The topological polar surface area (TPSA) is 90.0 Å². The molecule has 9 heteroatoms. The van der Waals surface area contributed by atoms with E-state index in [1.54, 1.807) is 26.0 Å². The van der Waals surface area contributed by atoms with Crippen LogP contribution in [0.1, 0.15) is 31.9 Å². The molecule has 0 saturated heterocycles. The minimum Gasteiger partial charge on any atom is -0.378 e. The molecule has 1 N–H and O–H groups in total. The number of amides is 2. The van der Waals surface area contributed by atoms with Gasteiger partial charge in [0.2, 0.25) is 21.8 Å². The summed E-state index contributed by atoms with van der Waals surface area (Å²) in [4.78, 5) is 29.0. The highest BCUT2D eigenvalue weighted by molar-refractivity contribution is 7.89. The van der Waals surface area contributed by atoms with Crippen LogP contribution in [0.25, 0.3) is 0 Å². The van der Waals surface area contributed by atoms with E-state index in [0.717, 1.165) is 11.3 Å². The fraction of sp³-hybridized carbons (Fsp3) is 0.417. The predicted octanol–water partition coefficient (Wildman–Crippen LogP) is 2.38. The number of fused-ring (bicyclic) bond motifs is 1. The van der Waals surface area contributed by atoms with Crippen LogP contribution in [0.3, 0.4) is 0 Å². The molecule has 178 valence electrons. The van der Waals surface area contributed by atoms with Gasteiger partial charge >= 0.3 is 0 Å². The molecule has 2 aromatic carbocycles. The molecule has 3 rings (SSSR count). The van der Waals surface area contributed by atoms with Gasteiger partial charge in [0.15, 0.2) is 0 Å². The molecule has 2 amide bonds. The first kappa shape index (κ1) is 24.7. The molecule has 33 heavy (non-hydrogen) atoms. The molecule has 0 radical (unpaired) electrons. The highest BCUT2D eigenvalue weighted by atomic mass is 32.2. The average Bonchev–Trinajstić information content (AvgIpc) is 3.17. The smallest absolute Gasteiger partial charge is 0.243 e. The maximum Gasteiger partial charge on any atom is 0.243 e. The first-order valence-electron chi connectivity index (χ1n) is 11.1. The van der Waals surface area contributed by atoms with Crippen LogP contribution in [0.5, 0.6) is 0 Å². The molecular weight excluding hydrogens is 440 g/mol. The highest BCUT2D eigenvalue weighted by Gasteiger charge is 2.37. The number of nitrogens with one attached hydrogen (secondary N) is 1. The van der Waals surface area contributed by atoms with Crippen LogP contribution in [0.2, 0.25) is 0 Å². The Hall–Kier alpha value is -2.91. The normalized spacial score (nSPS) is 15.5. The third kappa shape index (κ3) is 5.04. The Morgan fingerprint density at radius 1 is 1.06 bits per heavy atom. The molecule has 0 aliphatic carbocycles. The molecule has 1 atom stereocenters. The minimum absolute atomic E-state index is 0.176. The molecule has 1 unspecified atom stereocenters. The lowest BCUT2D eigenvalue weighted by atomic mass is 10.1. The van der Waals surface area contributed by atoms with E-state index in [0.29, 0.717) is 30.9 Å².